The van der Waals surface area contributed by atoms with E-state index in [0.717, 1.165) is 22.9 Å². The number of nitrogens with two attached hydrogens (primary N) is 1. The van der Waals surface area contributed by atoms with Crippen molar-refractivity contribution in [3.05, 3.63) is 42.4 Å². The number of pyridine rings is 1. The topological polar surface area (TPSA) is 77.8 Å². The lowest BCUT2D eigenvalue weighted by atomic mass is 10.0. The van der Waals surface area contributed by atoms with E-state index in [1.54, 1.807) is 6.20 Å². The maximum Gasteiger partial charge on any atom is 0.243 e. The van der Waals surface area contributed by atoms with Gasteiger partial charge in [0.15, 0.2) is 0 Å². The highest BCUT2D eigenvalue weighted by atomic mass is 16.5. The molecule has 5 nitrogen and oxygen atoms in total. The van der Waals surface area contributed by atoms with Crippen molar-refractivity contribution in [3.8, 4) is 11.4 Å². The van der Waals surface area contributed by atoms with Gasteiger partial charge in [-0.1, -0.05) is 25.1 Å². The first kappa shape index (κ1) is 13.7. The number of benzene rings is 1. The number of hydrogen-bond donors (Lipinski definition) is 1. The Labute approximate surface area is 123 Å². The van der Waals surface area contributed by atoms with Gasteiger partial charge in [-0.15, -0.1) is 0 Å². The van der Waals surface area contributed by atoms with Crippen molar-refractivity contribution < 1.29 is 4.52 Å². The van der Waals surface area contributed by atoms with E-state index in [2.05, 4.69) is 29.0 Å². The minimum Gasteiger partial charge on any atom is -0.337 e. The first-order chi connectivity index (χ1) is 10.1. The third kappa shape index (κ3) is 2.92. The molecule has 0 aliphatic heterocycles. The van der Waals surface area contributed by atoms with Crippen molar-refractivity contribution in [2.24, 2.45) is 11.7 Å². The van der Waals surface area contributed by atoms with E-state index in [0.29, 0.717) is 17.6 Å². The molecule has 1 unspecified atom stereocenters. The van der Waals surface area contributed by atoms with Gasteiger partial charge < -0.3 is 10.3 Å². The lowest BCUT2D eigenvalue weighted by molar-refractivity contribution is 0.335. The molecular formula is C16H18N4O. The highest BCUT2D eigenvalue weighted by Gasteiger charge is 2.17. The number of nitrogens with zero attached hydrogens (tertiary/aromatic N) is 3. The summed E-state index contributed by atoms with van der Waals surface area (Å²) in [6.07, 6.45) is 2.60. The lowest BCUT2D eigenvalue weighted by Crippen LogP contribution is -2.13. The maximum absolute atomic E-state index is 6.07. The normalized spacial score (nSPS) is 13.0. The van der Waals surface area contributed by atoms with Gasteiger partial charge in [-0.3, -0.25) is 4.98 Å². The van der Waals surface area contributed by atoms with Gasteiger partial charge in [0, 0.05) is 17.1 Å². The van der Waals surface area contributed by atoms with Crippen LogP contribution in [0.1, 0.15) is 32.2 Å². The van der Waals surface area contributed by atoms with Gasteiger partial charge >= 0.3 is 0 Å². The molecule has 0 spiro atoms. The standard InChI is InChI=1S/C16H18N4O/c1-10(2)8-13(17)16-19-15(20-21-16)12-5-6-14-11(9-12)4-3-7-18-14/h3-7,9-10,13H,8,17H2,1-2H3. The molecule has 2 N–H and O–H groups in total. The Kier molecular flexibility index (Phi) is 3.66. The van der Waals surface area contributed by atoms with E-state index in [4.69, 9.17) is 10.3 Å². The van der Waals surface area contributed by atoms with Gasteiger partial charge in [0.1, 0.15) is 0 Å². The Hall–Kier alpha value is -2.27. The van der Waals surface area contributed by atoms with Crippen LogP contribution in [0.25, 0.3) is 22.3 Å². The molecule has 0 aliphatic carbocycles. The minimum absolute atomic E-state index is 0.214. The summed E-state index contributed by atoms with van der Waals surface area (Å²) in [5.74, 6) is 1.54. The van der Waals surface area contributed by atoms with Gasteiger partial charge in [-0.2, -0.15) is 4.98 Å². The second-order valence-corrected chi connectivity index (χ2v) is 5.60. The summed E-state index contributed by atoms with van der Waals surface area (Å²) in [6.45, 7) is 4.24. The van der Waals surface area contributed by atoms with E-state index >= 15 is 0 Å². The molecule has 2 aromatic heterocycles. The fourth-order valence-electron chi connectivity index (χ4n) is 2.33. The molecule has 0 saturated heterocycles. The van der Waals surface area contributed by atoms with Crippen LogP contribution in [0.4, 0.5) is 0 Å². The van der Waals surface area contributed by atoms with Crippen molar-refractivity contribution in [1.82, 2.24) is 15.1 Å². The van der Waals surface area contributed by atoms with E-state index in [-0.39, 0.29) is 6.04 Å². The van der Waals surface area contributed by atoms with Gasteiger partial charge in [0.2, 0.25) is 11.7 Å². The van der Waals surface area contributed by atoms with Crippen molar-refractivity contribution in [3.63, 3.8) is 0 Å². The summed E-state index contributed by atoms with van der Waals surface area (Å²) < 4.78 is 5.29. The van der Waals surface area contributed by atoms with Crippen LogP contribution >= 0.6 is 0 Å². The van der Waals surface area contributed by atoms with Gasteiger partial charge in [0.25, 0.3) is 0 Å². The zero-order chi connectivity index (χ0) is 14.8. The summed E-state index contributed by atoms with van der Waals surface area (Å²) in [6, 6.07) is 9.61. The average molecular weight is 282 g/mol. The molecule has 21 heavy (non-hydrogen) atoms. The third-order valence-electron chi connectivity index (χ3n) is 3.35. The predicted molar refractivity (Wildman–Crippen MR) is 81.4 cm³/mol. The van der Waals surface area contributed by atoms with Crippen molar-refractivity contribution in [2.45, 2.75) is 26.3 Å². The molecule has 0 radical (unpaired) electrons. The summed E-state index contributed by atoms with van der Waals surface area (Å²) in [4.78, 5) is 8.71. The minimum atomic E-state index is -0.214. The first-order valence-electron chi connectivity index (χ1n) is 7.08. The van der Waals surface area contributed by atoms with Crippen LogP contribution in [0.5, 0.6) is 0 Å². The molecule has 0 amide bonds. The van der Waals surface area contributed by atoms with Crippen LogP contribution in [0.2, 0.25) is 0 Å². The highest BCUT2D eigenvalue weighted by molar-refractivity contribution is 5.82. The van der Waals surface area contributed by atoms with Gasteiger partial charge in [-0.05, 0) is 36.6 Å². The molecule has 0 aliphatic rings. The molecule has 1 atom stereocenters. The zero-order valence-corrected chi connectivity index (χ0v) is 12.2. The van der Waals surface area contributed by atoms with E-state index in [1.165, 1.54) is 0 Å². The fourth-order valence-corrected chi connectivity index (χ4v) is 2.33. The van der Waals surface area contributed by atoms with E-state index < -0.39 is 0 Å². The quantitative estimate of drug-likeness (QED) is 0.794. The third-order valence-corrected chi connectivity index (χ3v) is 3.35. The molecule has 1 aromatic carbocycles. The first-order valence-corrected chi connectivity index (χ1v) is 7.08. The van der Waals surface area contributed by atoms with Crippen LogP contribution in [0, 0.1) is 5.92 Å². The summed E-state index contributed by atoms with van der Waals surface area (Å²) in [7, 11) is 0. The monoisotopic (exact) mass is 282 g/mol. The summed E-state index contributed by atoms with van der Waals surface area (Å²) in [5.41, 5.74) is 7.92. The van der Waals surface area contributed by atoms with Crippen LogP contribution in [-0.4, -0.2) is 15.1 Å². The molecular weight excluding hydrogens is 264 g/mol. The number of hydrogen-bond acceptors (Lipinski definition) is 5. The van der Waals surface area contributed by atoms with Crippen molar-refractivity contribution in [2.75, 3.05) is 0 Å². The largest absolute Gasteiger partial charge is 0.337 e. The molecule has 5 heteroatoms. The molecule has 108 valence electrons. The van der Waals surface area contributed by atoms with Crippen LogP contribution < -0.4 is 5.73 Å². The van der Waals surface area contributed by atoms with Crippen LogP contribution in [0.15, 0.2) is 41.1 Å². The average Bonchev–Trinajstić information content (AvgIpc) is 2.96. The number of rotatable bonds is 4. The lowest BCUT2D eigenvalue weighted by Gasteiger charge is -2.08. The second kappa shape index (κ2) is 5.61. The molecule has 0 bridgehead atoms. The number of aromatic nitrogens is 3. The van der Waals surface area contributed by atoms with Crippen LogP contribution in [-0.2, 0) is 0 Å². The SMILES string of the molecule is CC(C)CC(N)c1nc(-c2ccc3ncccc3c2)no1. The Morgan fingerprint density at radius 2 is 2.10 bits per heavy atom. The Morgan fingerprint density at radius 3 is 2.90 bits per heavy atom. The van der Waals surface area contributed by atoms with Gasteiger partial charge in [-0.25, -0.2) is 0 Å². The fraction of sp³-hybridized carbons (Fsp3) is 0.312. The summed E-state index contributed by atoms with van der Waals surface area (Å²) in [5, 5.41) is 5.08. The molecule has 0 fully saturated rings. The molecule has 2 heterocycles. The van der Waals surface area contributed by atoms with Gasteiger partial charge in [0.05, 0.1) is 11.6 Å². The molecule has 3 rings (SSSR count). The second-order valence-electron chi connectivity index (χ2n) is 5.60. The Bertz CT molecular complexity index is 751. The van der Waals surface area contributed by atoms with Crippen LogP contribution in [0.3, 0.4) is 0 Å². The van der Waals surface area contributed by atoms with E-state index in [1.807, 2.05) is 30.3 Å². The predicted octanol–water partition coefficient (Wildman–Crippen LogP) is 3.33. The Morgan fingerprint density at radius 1 is 1.24 bits per heavy atom. The van der Waals surface area contributed by atoms with Crippen molar-refractivity contribution in [1.29, 1.82) is 0 Å². The van der Waals surface area contributed by atoms with E-state index in [9.17, 15) is 0 Å². The Balaban J connectivity index is 1.90. The van der Waals surface area contributed by atoms with Crippen molar-refractivity contribution >= 4 is 10.9 Å². The zero-order valence-electron chi connectivity index (χ0n) is 12.2. The maximum atomic E-state index is 6.07. The summed E-state index contributed by atoms with van der Waals surface area (Å²) >= 11 is 0. The smallest absolute Gasteiger partial charge is 0.243 e. The molecule has 0 saturated carbocycles. The molecule has 3 aromatic rings. The number of fused-ring (bicyclic) bond motifs is 1. The highest BCUT2D eigenvalue weighted by Crippen LogP contribution is 2.23.